The Kier molecular flexibility index (Phi) is 5.70. The predicted octanol–water partition coefficient (Wildman–Crippen LogP) is 12.5. The molecule has 7 aromatic rings. The second kappa shape index (κ2) is 10.1. The van der Waals surface area contributed by atoms with Crippen LogP contribution < -0.4 is 4.74 Å². The van der Waals surface area contributed by atoms with Crippen LogP contribution in [0, 0.1) is 0 Å². The fourth-order valence-electron chi connectivity index (χ4n) is 7.59. The lowest BCUT2D eigenvalue weighted by Gasteiger charge is -2.23. The van der Waals surface area contributed by atoms with Gasteiger partial charge in [0.25, 0.3) is 0 Å². The van der Waals surface area contributed by atoms with Crippen LogP contribution in [0.5, 0.6) is 11.5 Å². The van der Waals surface area contributed by atoms with Gasteiger partial charge in [-0.15, -0.1) is 11.8 Å². The molecule has 0 amide bonds. The molecule has 0 saturated carbocycles. The van der Waals surface area contributed by atoms with Crippen molar-refractivity contribution in [3.05, 3.63) is 163 Å². The van der Waals surface area contributed by atoms with E-state index in [-0.39, 0.29) is 0 Å². The number of hydrogen-bond acceptors (Lipinski definition) is 2. The van der Waals surface area contributed by atoms with E-state index in [2.05, 4.69) is 158 Å². The van der Waals surface area contributed by atoms with E-state index in [4.69, 9.17) is 4.74 Å². The number of hydrogen-bond donors (Lipinski definition) is 0. The van der Waals surface area contributed by atoms with E-state index in [0.717, 1.165) is 17.1 Å². The van der Waals surface area contributed by atoms with Crippen molar-refractivity contribution < 1.29 is 4.74 Å². The largest absolute Gasteiger partial charge is 0.456 e. The number of fused-ring (bicyclic) bond motifs is 7. The fourth-order valence-corrected chi connectivity index (χ4v) is 9.07. The first kappa shape index (κ1) is 26.0. The van der Waals surface area contributed by atoms with Gasteiger partial charge in [0.2, 0.25) is 0 Å². The van der Waals surface area contributed by atoms with Crippen LogP contribution in [0.4, 0.5) is 0 Å². The molecule has 46 heavy (non-hydrogen) atoms. The predicted molar refractivity (Wildman–Crippen MR) is 194 cm³/mol. The van der Waals surface area contributed by atoms with Crippen molar-refractivity contribution in [1.82, 2.24) is 0 Å². The Bertz CT molecular complexity index is 2450. The summed E-state index contributed by atoms with van der Waals surface area (Å²) >= 11 is 2.00. The van der Waals surface area contributed by atoms with Gasteiger partial charge in [0.05, 0.1) is 0 Å². The molecule has 2 aliphatic heterocycles. The molecule has 10 rings (SSSR count). The molecule has 2 heteroatoms. The quantitative estimate of drug-likeness (QED) is 0.186. The Balaban J connectivity index is 1.04. The van der Waals surface area contributed by atoms with Crippen molar-refractivity contribution in [3.63, 3.8) is 0 Å². The van der Waals surface area contributed by atoms with Crippen molar-refractivity contribution in [3.8, 4) is 56.0 Å². The van der Waals surface area contributed by atoms with Crippen LogP contribution in [-0.2, 0) is 0 Å². The maximum absolute atomic E-state index is 6.55. The normalized spacial score (nSPS) is 17.0. The van der Waals surface area contributed by atoms with E-state index in [9.17, 15) is 0 Å². The van der Waals surface area contributed by atoms with Crippen LogP contribution in [0.15, 0.2) is 163 Å². The highest BCUT2D eigenvalue weighted by atomic mass is 32.2. The van der Waals surface area contributed by atoms with Crippen molar-refractivity contribution >= 4 is 33.3 Å². The van der Waals surface area contributed by atoms with Crippen LogP contribution in [-0.4, -0.2) is 5.25 Å². The molecular weight excluding hydrogens is 577 g/mol. The van der Waals surface area contributed by atoms with Gasteiger partial charge in [-0.05, 0) is 91.0 Å². The van der Waals surface area contributed by atoms with Crippen molar-refractivity contribution in [1.29, 1.82) is 0 Å². The molecule has 0 spiro atoms. The summed E-state index contributed by atoms with van der Waals surface area (Å²) in [7, 11) is 0. The van der Waals surface area contributed by atoms with Crippen LogP contribution in [0.3, 0.4) is 0 Å². The Morgan fingerprint density at radius 2 is 1.17 bits per heavy atom. The zero-order valence-electron chi connectivity index (χ0n) is 25.0. The monoisotopic (exact) mass is 604 g/mol. The fraction of sp³-hybridized carbons (Fsp3) is 0.0455. The summed E-state index contributed by atoms with van der Waals surface area (Å²) in [6.07, 6.45) is 9.07. The third kappa shape index (κ3) is 3.97. The van der Waals surface area contributed by atoms with Crippen LogP contribution in [0.25, 0.3) is 66.1 Å². The molecule has 216 valence electrons. The van der Waals surface area contributed by atoms with E-state index in [1.54, 1.807) is 0 Å². The lowest BCUT2D eigenvalue weighted by atomic mass is 9.89. The first-order valence-corrected chi connectivity index (χ1v) is 16.8. The van der Waals surface area contributed by atoms with Gasteiger partial charge in [0.15, 0.2) is 0 Å². The molecule has 0 N–H and O–H groups in total. The average molecular weight is 605 g/mol. The molecule has 1 aliphatic carbocycles. The van der Waals surface area contributed by atoms with Crippen molar-refractivity contribution in [2.24, 2.45) is 0 Å². The van der Waals surface area contributed by atoms with Crippen LogP contribution in [0.1, 0.15) is 11.5 Å². The molecule has 7 aromatic carbocycles. The van der Waals surface area contributed by atoms with Crippen LogP contribution in [0.2, 0.25) is 0 Å². The Morgan fingerprint density at radius 1 is 0.478 bits per heavy atom. The summed E-state index contributed by atoms with van der Waals surface area (Å²) in [6.45, 7) is 0. The van der Waals surface area contributed by atoms with Gasteiger partial charge in [0.1, 0.15) is 11.5 Å². The number of rotatable bonds is 3. The van der Waals surface area contributed by atoms with Crippen molar-refractivity contribution in [2.45, 2.75) is 16.1 Å². The van der Waals surface area contributed by atoms with Gasteiger partial charge in [-0.2, -0.15) is 0 Å². The topological polar surface area (TPSA) is 9.23 Å². The lowest BCUT2D eigenvalue weighted by molar-refractivity contribution is 0.488. The standard InChI is InChI=1S/C44H28OS/c1-2-14-33-32(9-1)26-41-43-36(33)17-8-18-37(43)39-25-30(21-22-40(39)45-41)28-11-5-10-27(23-28)29-12-6-13-31(24-29)34-16-7-19-38-35-15-3-4-20-42(35)46-44(34)38/h1-26,35,42H. The highest BCUT2D eigenvalue weighted by Gasteiger charge is 2.32. The molecule has 0 aromatic heterocycles. The van der Waals surface area contributed by atoms with Crippen LogP contribution >= 0.6 is 11.8 Å². The first-order valence-electron chi connectivity index (χ1n) is 15.9. The Hall–Kier alpha value is -5.31. The molecule has 0 radical (unpaired) electrons. The van der Waals surface area contributed by atoms with E-state index in [1.165, 1.54) is 70.9 Å². The maximum Gasteiger partial charge on any atom is 0.136 e. The minimum atomic E-state index is 0.464. The lowest BCUT2D eigenvalue weighted by Crippen LogP contribution is -2.06. The third-order valence-electron chi connectivity index (χ3n) is 9.78. The smallest absolute Gasteiger partial charge is 0.136 e. The summed E-state index contributed by atoms with van der Waals surface area (Å²) in [6, 6.07) is 48.7. The zero-order chi connectivity index (χ0) is 30.2. The second-order valence-corrected chi connectivity index (χ2v) is 13.6. The van der Waals surface area contributed by atoms with Gasteiger partial charge < -0.3 is 4.74 Å². The molecule has 3 aliphatic rings. The number of ether oxygens (including phenoxy) is 1. The highest BCUT2D eigenvalue weighted by Crippen LogP contribution is 2.52. The minimum Gasteiger partial charge on any atom is -0.456 e. The van der Waals surface area contributed by atoms with Gasteiger partial charge >= 0.3 is 0 Å². The van der Waals surface area contributed by atoms with E-state index in [0.29, 0.717) is 11.2 Å². The SMILES string of the molecule is C1=CC2Sc3c(-c4cccc(-c5cccc(-c6ccc7c(c6)-c6cccc8c6c(cc6ccccc68)O7)c5)c4)cccc3C2C=C1. The molecule has 2 heterocycles. The molecule has 2 atom stereocenters. The Labute approximate surface area is 272 Å². The average Bonchev–Trinajstić information content (AvgIpc) is 3.51. The molecule has 0 fully saturated rings. The molecule has 0 bridgehead atoms. The van der Waals surface area contributed by atoms with Gasteiger partial charge in [-0.25, -0.2) is 0 Å². The van der Waals surface area contributed by atoms with E-state index >= 15 is 0 Å². The number of allylic oxidation sites excluding steroid dienone is 3. The van der Waals surface area contributed by atoms with Gasteiger partial charge in [0, 0.05) is 27.0 Å². The summed E-state index contributed by atoms with van der Waals surface area (Å²) in [4.78, 5) is 1.42. The van der Waals surface area contributed by atoms with Gasteiger partial charge in [-0.3, -0.25) is 0 Å². The molecular formula is C44H28OS. The second-order valence-electron chi connectivity index (χ2n) is 12.4. The third-order valence-corrected chi connectivity index (χ3v) is 11.2. The number of thioether (sulfide) groups is 1. The molecule has 2 unspecified atom stereocenters. The summed E-state index contributed by atoms with van der Waals surface area (Å²) in [5, 5.41) is 5.37. The summed E-state index contributed by atoms with van der Waals surface area (Å²) < 4.78 is 6.55. The minimum absolute atomic E-state index is 0.464. The summed E-state index contributed by atoms with van der Waals surface area (Å²) in [5.74, 6) is 2.30. The zero-order valence-corrected chi connectivity index (χ0v) is 25.8. The molecule has 1 nitrogen and oxygen atoms in total. The van der Waals surface area contributed by atoms with Gasteiger partial charge in [-0.1, -0.05) is 127 Å². The highest BCUT2D eigenvalue weighted by molar-refractivity contribution is 8.00. The number of benzene rings is 7. The summed E-state index contributed by atoms with van der Waals surface area (Å²) in [5.41, 5.74) is 11.2. The van der Waals surface area contributed by atoms with E-state index < -0.39 is 0 Å². The molecule has 0 saturated heterocycles. The maximum atomic E-state index is 6.55. The van der Waals surface area contributed by atoms with Crippen molar-refractivity contribution in [2.75, 3.05) is 0 Å². The Morgan fingerprint density at radius 3 is 2.07 bits per heavy atom. The first-order chi connectivity index (χ1) is 22.8. The van der Waals surface area contributed by atoms with E-state index in [1.807, 2.05) is 11.8 Å².